The topological polar surface area (TPSA) is 49.8 Å². The maximum absolute atomic E-state index is 10.5. The maximum atomic E-state index is 10.5. The molecule has 0 radical (unpaired) electrons. The van der Waals surface area contributed by atoms with E-state index in [2.05, 4.69) is 0 Å². The highest BCUT2D eigenvalue weighted by atomic mass is 16.6. The van der Waals surface area contributed by atoms with E-state index in [-0.39, 0.29) is 11.5 Å². The van der Waals surface area contributed by atoms with E-state index in [1.54, 1.807) is 0 Å². The van der Waals surface area contributed by atoms with Gasteiger partial charge in [-0.15, -0.1) is 0 Å². The predicted molar refractivity (Wildman–Crippen MR) is 42.9 cm³/mol. The van der Waals surface area contributed by atoms with Gasteiger partial charge >= 0.3 is 5.97 Å². The molecule has 0 aromatic carbocycles. The van der Waals surface area contributed by atoms with Gasteiger partial charge in [0, 0.05) is 5.92 Å². The summed E-state index contributed by atoms with van der Waals surface area (Å²) in [5, 5.41) is 8.67. The van der Waals surface area contributed by atoms with Crippen molar-refractivity contribution in [3.05, 3.63) is 0 Å². The molecule has 2 rings (SSSR count). The third kappa shape index (κ3) is 1.33. The molecular weight excluding hydrogens is 156 g/mol. The lowest BCUT2D eigenvalue weighted by Gasteiger charge is -2.27. The lowest BCUT2D eigenvalue weighted by Crippen LogP contribution is -2.30. The molecule has 1 spiro atoms. The highest BCUT2D eigenvalue weighted by Gasteiger charge is 2.52. The van der Waals surface area contributed by atoms with E-state index in [9.17, 15) is 4.79 Å². The Kier molecular flexibility index (Phi) is 1.83. The smallest absolute Gasteiger partial charge is 0.303 e. The quantitative estimate of drug-likeness (QED) is 0.637. The van der Waals surface area contributed by atoms with Crippen LogP contribution in [0.5, 0.6) is 0 Å². The van der Waals surface area contributed by atoms with Crippen molar-refractivity contribution in [1.82, 2.24) is 0 Å². The van der Waals surface area contributed by atoms with Crippen LogP contribution in [0.15, 0.2) is 0 Å². The average molecular weight is 170 g/mol. The molecule has 3 nitrogen and oxygen atoms in total. The third-order valence-corrected chi connectivity index (χ3v) is 3.08. The minimum absolute atomic E-state index is 0.00333. The van der Waals surface area contributed by atoms with Crippen LogP contribution in [0.1, 0.15) is 32.1 Å². The summed E-state index contributed by atoms with van der Waals surface area (Å²) < 4.78 is 5.39. The van der Waals surface area contributed by atoms with Gasteiger partial charge in [0.05, 0.1) is 18.6 Å². The second-order valence-electron chi connectivity index (χ2n) is 3.89. The maximum Gasteiger partial charge on any atom is 0.303 e. The summed E-state index contributed by atoms with van der Waals surface area (Å²) in [5.74, 6) is -0.402. The number of aliphatic carboxylic acids is 1. The molecule has 1 saturated carbocycles. The summed E-state index contributed by atoms with van der Waals surface area (Å²) in [6.07, 6.45) is 4.77. The standard InChI is InChI=1S/C9H14O3/c10-8(11)5-7-3-1-2-4-9(7)6-12-9/h7H,1-6H2,(H,10,11). The molecule has 0 amide bonds. The van der Waals surface area contributed by atoms with Crippen molar-refractivity contribution in [1.29, 1.82) is 0 Å². The fourth-order valence-electron chi connectivity index (χ4n) is 2.25. The molecule has 3 heteroatoms. The summed E-state index contributed by atoms with van der Waals surface area (Å²) in [7, 11) is 0. The molecule has 0 bridgehead atoms. The SMILES string of the molecule is O=C(O)CC1CCCCC12CO2. The predicted octanol–water partition coefficient (Wildman–Crippen LogP) is 1.42. The van der Waals surface area contributed by atoms with Gasteiger partial charge in [0.1, 0.15) is 0 Å². The lowest BCUT2D eigenvalue weighted by molar-refractivity contribution is -0.139. The Morgan fingerprint density at radius 2 is 2.33 bits per heavy atom. The van der Waals surface area contributed by atoms with Crippen LogP contribution in [0.2, 0.25) is 0 Å². The largest absolute Gasteiger partial charge is 0.481 e. The van der Waals surface area contributed by atoms with Gasteiger partial charge in [0.2, 0.25) is 0 Å². The van der Waals surface area contributed by atoms with Crippen molar-refractivity contribution in [3.8, 4) is 0 Å². The molecule has 2 fully saturated rings. The first-order valence-corrected chi connectivity index (χ1v) is 4.59. The van der Waals surface area contributed by atoms with E-state index < -0.39 is 5.97 Å². The Bertz CT molecular complexity index is 196. The van der Waals surface area contributed by atoms with Crippen LogP contribution in [0.25, 0.3) is 0 Å². The highest BCUT2D eigenvalue weighted by Crippen LogP contribution is 2.47. The Morgan fingerprint density at radius 3 is 2.92 bits per heavy atom. The molecule has 68 valence electrons. The number of hydrogen-bond acceptors (Lipinski definition) is 2. The molecule has 2 unspecified atom stereocenters. The van der Waals surface area contributed by atoms with Crippen LogP contribution in [0.3, 0.4) is 0 Å². The zero-order valence-electron chi connectivity index (χ0n) is 7.08. The summed E-state index contributed by atoms with van der Waals surface area (Å²) in [4.78, 5) is 10.5. The van der Waals surface area contributed by atoms with Crippen LogP contribution in [-0.4, -0.2) is 23.3 Å². The zero-order valence-corrected chi connectivity index (χ0v) is 7.08. The number of rotatable bonds is 2. The molecule has 2 aliphatic rings. The average Bonchev–Trinajstić information content (AvgIpc) is 2.75. The molecular formula is C9H14O3. The molecule has 0 aromatic rings. The molecule has 12 heavy (non-hydrogen) atoms. The van der Waals surface area contributed by atoms with E-state index >= 15 is 0 Å². The van der Waals surface area contributed by atoms with Crippen molar-refractivity contribution >= 4 is 5.97 Å². The molecule has 1 aliphatic heterocycles. The Balaban J connectivity index is 1.97. The summed E-state index contributed by atoms with van der Waals surface area (Å²) in [5.41, 5.74) is -0.00333. The van der Waals surface area contributed by atoms with Crippen LogP contribution in [0, 0.1) is 5.92 Å². The number of carbonyl (C=O) groups is 1. The van der Waals surface area contributed by atoms with E-state index in [0.717, 1.165) is 19.4 Å². The van der Waals surface area contributed by atoms with Crippen LogP contribution < -0.4 is 0 Å². The first-order chi connectivity index (χ1) is 5.73. The number of carboxylic acid groups (broad SMARTS) is 1. The highest BCUT2D eigenvalue weighted by molar-refractivity contribution is 5.67. The fourth-order valence-corrected chi connectivity index (χ4v) is 2.25. The normalized spacial score (nSPS) is 39.8. The number of epoxide rings is 1. The third-order valence-electron chi connectivity index (χ3n) is 3.08. The Morgan fingerprint density at radius 1 is 1.58 bits per heavy atom. The monoisotopic (exact) mass is 170 g/mol. The van der Waals surface area contributed by atoms with Gasteiger partial charge in [-0.2, -0.15) is 0 Å². The van der Waals surface area contributed by atoms with Crippen molar-refractivity contribution in [2.45, 2.75) is 37.7 Å². The van der Waals surface area contributed by atoms with Gasteiger partial charge in [-0.3, -0.25) is 4.79 Å². The molecule has 0 aromatic heterocycles. The fraction of sp³-hybridized carbons (Fsp3) is 0.889. The summed E-state index contributed by atoms with van der Waals surface area (Å²) in [6.45, 7) is 0.797. The van der Waals surface area contributed by atoms with Gasteiger partial charge in [-0.1, -0.05) is 12.8 Å². The first kappa shape index (κ1) is 8.05. The van der Waals surface area contributed by atoms with Gasteiger partial charge < -0.3 is 9.84 Å². The molecule has 1 aliphatic carbocycles. The summed E-state index contributed by atoms with van der Waals surface area (Å²) >= 11 is 0. The minimum Gasteiger partial charge on any atom is -0.481 e. The van der Waals surface area contributed by atoms with Crippen molar-refractivity contribution < 1.29 is 14.6 Å². The lowest BCUT2D eigenvalue weighted by atomic mass is 9.77. The van der Waals surface area contributed by atoms with Crippen molar-refractivity contribution in [2.24, 2.45) is 5.92 Å². The van der Waals surface area contributed by atoms with Crippen molar-refractivity contribution in [2.75, 3.05) is 6.61 Å². The van der Waals surface area contributed by atoms with Crippen LogP contribution >= 0.6 is 0 Å². The molecule has 2 atom stereocenters. The van der Waals surface area contributed by atoms with Crippen LogP contribution in [-0.2, 0) is 9.53 Å². The molecule has 1 saturated heterocycles. The Labute approximate surface area is 71.7 Å². The van der Waals surface area contributed by atoms with Crippen molar-refractivity contribution in [3.63, 3.8) is 0 Å². The second kappa shape index (κ2) is 2.73. The van der Waals surface area contributed by atoms with E-state index in [1.807, 2.05) is 0 Å². The van der Waals surface area contributed by atoms with E-state index in [4.69, 9.17) is 9.84 Å². The molecule has 1 N–H and O–H groups in total. The Hall–Kier alpha value is -0.570. The van der Waals surface area contributed by atoms with Gasteiger partial charge in [0.15, 0.2) is 0 Å². The number of carboxylic acids is 1. The number of ether oxygens (including phenoxy) is 1. The summed E-state index contributed by atoms with van der Waals surface area (Å²) in [6, 6.07) is 0. The minimum atomic E-state index is -0.684. The van der Waals surface area contributed by atoms with Gasteiger partial charge in [-0.25, -0.2) is 0 Å². The molecule has 1 heterocycles. The van der Waals surface area contributed by atoms with Crippen LogP contribution in [0.4, 0.5) is 0 Å². The zero-order chi connectivity index (χ0) is 8.60. The second-order valence-corrected chi connectivity index (χ2v) is 3.89. The van der Waals surface area contributed by atoms with E-state index in [1.165, 1.54) is 12.8 Å². The van der Waals surface area contributed by atoms with Gasteiger partial charge in [0.25, 0.3) is 0 Å². The first-order valence-electron chi connectivity index (χ1n) is 4.59. The van der Waals surface area contributed by atoms with Gasteiger partial charge in [-0.05, 0) is 12.8 Å². The van der Waals surface area contributed by atoms with E-state index in [0.29, 0.717) is 6.42 Å². The number of hydrogen-bond donors (Lipinski definition) is 1.